The molecule has 3 aromatic rings. The fraction of sp³-hybridized carbons (Fsp3) is 0.333. The van der Waals surface area contributed by atoms with Crippen LogP contribution in [-0.2, 0) is 5.16 Å². The van der Waals surface area contributed by atoms with Crippen molar-refractivity contribution in [3.8, 4) is 0 Å². The molecule has 0 amide bonds. The molecular weight excluding hydrogens is 355 g/mol. The van der Waals surface area contributed by atoms with Gasteiger partial charge in [0.2, 0.25) is 0 Å². The molecule has 3 aromatic carbocycles. The highest BCUT2D eigenvalue weighted by Gasteiger charge is 2.39. The average molecular weight is 389 g/mol. The summed E-state index contributed by atoms with van der Waals surface area (Å²) >= 11 is 0. The smallest absolute Gasteiger partial charge is 0.0438 e. The van der Waals surface area contributed by atoms with Crippen molar-refractivity contribution >= 4 is 8.58 Å². The Hall–Kier alpha value is -1.91. The highest BCUT2D eigenvalue weighted by Crippen LogP contribution is 2.56. The van der Waals surface area contributed by atoms with Crippen LogP contribution in [0.4, 0.5) is 0 Å². The van der Waals surface area contributed by atoms with Gasteiger partial charge < -0.3 is 0 Å². The van der Waals surface area contributed by atoms with Crippen LogP contribution in [0.5, 0.6) is 0 Å². The zero-order valence-corrected chi connectivity index (χ0v) is 18.3. The fourth-order valence-corrected chi connectivity index (χ4v) is 6.29. The molecule has 0 aromatic heterocycles. The van der Waals surface area contributed by atoms with Crippen molar-refractivity contribution in [3.05, 3.63) is 108 Å². The Morgan fingerprint density at radius 1 is 0.679 bits per heavy atom. The zero-order chi connectivity index (χ0) is 19.7. The molecule has 146 valence electrons. The first-order valence-electron chi connectivity index (χ1n) is 10.7. The number of unbranched alkanes of at least 4 members (excludes halogenated alkanes) is 3. The third kappa shape index (κ3) is 4.73. The molecular formula is C27H33P. The standard InChI is InChI=1S/C27H33P/c1-3-4-5-15-22-28-27(25-18-11-7-12-19-25,26-20-13-8-14-21-26)23(2)24-16-9-6-10-17-24/h6-14,16-21,23,28H,3-5,15,22H2,1-2H3. The van der Waals surface area contributed by atoms with Crippen LogP contribution in [0.25, 0.3) is 0 Å². The van der Waals surface area contributed by atoms with Gasteiger partial charge in [-0.25, -0.2) is 0 Å². The van der Waals surface area contributed by atoms with E-state index in [1.54, 1.807) is 0 Å². The van der Waals surface area contributed by atoms with E-state index in [2.05, 4.69) is 105 Å². The zero-order valence-electron chi connectivity index (χ0n) is 17.3. The first kappa shape index (κ1) is 20.8. The van der Waals surface area contributed by atoms with Gasteiger partial charge >= 0.3 is 0 Å². The summed E-state index contributed by atoms with van der Waals surface area (Å²) in [7, 11) is 0.866. The minimum absolute atomic E-state index is 0.0239. The molecule has 28 heavy (non-hydrogen) atoms. The Morgan fingerprint density at radius 2 is 1.18 bits per heavy atom. The third-order valence-corrected chi connectivity index (χ3v) is 8.01. The van der Waals surface area contributed by atoms with E-state index in [4.69, 9.17) is 0 Å². The minimum atomic E-state index is 0.0239. The van der Waals surface area contributed by atoms with Crippen LogP contribution in [-0.4, -0.2) is 6.16 Å². The van der Waals surface area contributed by atoms with Crippen LogP contribution in [0.15, 0.2) is 91.0 Å². The van der Waals surface area contributed by atoms with Gasteiger partial charge in [0.1, 0.15) is 0 Å². The second-order valence-corrected chi connectivity index (χ2v) is 9.30. The van der Waals surface area contributed by atoms with Crippen molar-refractivity contribution in [2.45, 2.75) is 50.6 Å². The lowest BCUT2D eigenvalue weighted by molar-refractivity contribution is 0.594. The van der Waals surface area contributed by atoms with Crippen molar-refractivity contribution < 1.29 is 0 Å². The lowest BCUT2D eigenvalue weighted by atomic mass is 9.77. The van der Waals surface area contributed by atoms with Crippen LogP contribution in [0.3, 0.4) is 0 Å². The summed E-state index contributed by atoms with van der Waals surface area (Å²) in [5.41, 5.74) is 4.33. The van der Waals surface area contributed by atoms with Gasteiger partial charge in [-0.2, -0.15) is 0 Å². The fourth-order valence-electron chi connectivity index (χ4n) is 4.26. The van der Waals surface area contributed by atoms with E-state index in [1.165, 1.54) is 48.5 Å². The van der Waals surface area contributed by atoms with Gasteiger partial charge in [0.05, 0.1) is 0 Å². The molecule has 0 bridgehead atoms. The maximum Gasteiger partial charge on any atom is 0.0438 e. The molecule has 0 nitrogen and oxygen atoms in total. The van der Waals surface area contributed by atoms with E-state index >= 15 is 0 Å². The first-order chi connectivity index (χ1) is 13.8. The molecule has 3 rings (SSSR count). The molecule has 0 fully saturated rings. The van der Waals surface area contributed by atoms with E-state index in [1.807, 2.05) is 0 Å². The lowest BCUT2D eigenvalue weighted by Gasteiger charge is -2.41. The Kier molecular flexibility index (Phi) is 7.87. The molecule has 0 aliphatic heterocycles. The second-order valence-electron chi connectivity index (χ2n) is 7.66. The van der Waals surface area contributed by atoms with Crippen molar-refractivity contribution in [1.29, 1.82) is 0 Å². The number of hydrogen-bond donors (Lipinski definition) is 0. The highest BCUT2D eigenvalue weighted by molar-refractivity contribution is 7.40. The topological polar surface area (TPSA) is 0 Å². The molecule has 2 unspecified atom stereocenters. The molecule has 0 radical (unpaired) electrons. The maximum atomic E-state index is 2.42. The summed E-state index contributed by atoms with van der Waals surface area (Å²) in [5, 5.41) is 0.0239. The van der Waals surface area contributed by atoms with Crippen LogP contribution in [0.2, 0.25) is 0 Å². The van der Waals surface area contributed by atoms with E-state index in [-0.39, 0.29) is 5.16 Å². The molecule has 0 spiro atoms. The van der Waals surface area contributed by atoms with Gasteiger partial charge in [0.15, 0.2) is 0 Å². The molecule has 0 heterocycles. The predicted molar refractivity (Wildman–Crippen MR) is 126 cm³/mol. The summed E-state index contributed by atoms with van der Waals surface area (Å²) in [4.78, 5) is 0. The monoisotopic (exact) mass is 388 g/mol. The molecule has 0 aliphatic carbocycles. The van der Waals surface area contributed by atoms with Gasteiger partial charge in [0, 0.05) is 5.16 Å². The van der Waals surface area contributed by atoms with E-state index in [0.717, 1.165) is 8.58 Å². The summed E-state index contributed by atoms with van der Waals surface area (Å²) in [5.74, 6) is 0.419. The molecule has 1 heteroatoms. The summed E-state index contributed by atoms with van der Waals surface area (Å²) in [6, 6.07) is 33.5. The van der Waals surface area contributed by atoms with Crippen molar-refractivity contribution in [1.82, 2.24) is 0 Å². The Balaban J connectivity index is 2.06. The van der Waals surface area contributed by atoms with Crippen molar-refractivity contribution in [3.63, 3.8) is 0 Å². The summed E-state index contributed by atoms with van der Waals surface area (Å²) < 4.78 is 0. The van der Waals surface area contributed by atoms with Crippen LogP contribution in [0, 0.1) is 0 Å². The largest absolute Gasteiger partial charge is 0.106 e. The number of benzene rings is 3. The molecule has 0 saturated carbocycles. The SMILES string of the molecule is CCCCCCPC(c1ccccc1)(c1ccccc1)C(C)c1ccccc1. The molecule has 0 N–H and O–H groups in total. The molecule has 2 atom stereocenters. The molecule has 0 saturated heterocycles. The first-order valence-corrected chi connectivity index (χ1v) is 11.9. The third-order valence-electron chi connectivity index (χ3n) is 5.84. The quantitative estimate of drug-likeness (QED) is 0.244. The van der Waals surface area contributed by atoms with E-state index < -0.39 is 0 Å². The number of rotatable bonds is 10. The van der Waals surface area contributed by atoms with E-state index in [9.17, 15) is 0 Å². The number of hydrogen-bond acceptors (Lipinski definition) is 0. The average Bonchev–Trinajstić information content (AvgIpc) is 2.78. The van der Waals surface area contributed by atoms with Gasteiger partial charge in [-0.05, 0) is 35.2 Å². The predicted octanol–water partition coefficient (Wildman–Crippen LogP) is 7.99. The van der Waals surface area contributed by atoms with Crippen LogP contribution >= 0.6 is 8.58 Å². The Bertz CT molecular complexity index is 756. The highest BCUT2D eigenvalue weighted by atomic mass is 31.1. The van der Waals surface area contributed by atoms with Gasteiger partial charge in [0.25, 0.3) is 0 Å². The van der Waals surface area contributed by atoms with Crippen LogP contribution in [0.1, 0.15) is 62.1 Å². The van der Waals surface area contributed by atoms with Gasteiger partial charge in [-0.1, -0.05) is 124 Å². The normalized spacial score (nSPS) is 13.1. The lowest BCUT2D eigenvalue weighted by Crippen LogP contribution is -2.29. The summed E-state index contributed by atoms with van der Waals surface area (Å²) in [6.07, 6.45) is 6.62. The second kappa shape index (κ2) is 10.6. The Labute approximate surface area is 173 Å². The van der Waals surface area contributed by atoms with Crippen molar-refractivity contribution in [2.24, 2.45) is 0 Å². The van der Waals surface area contributed by atoms with Crippen LogP contribution < -0.4 is 0 Å². The maximum absolute atomic E-state index is 2.42. The summed E-state index contributed by atoms with van der Waals surface area (Å²) in [6.45, 7) is 4.71. The Morgan fingerprint density at radius 3 is 1.68 bits per heavy atom. The van der Waals surface area contributed by atoms with Crippen molar-refractivity contribution in [2.75, 3.05) is 6.16 Å². The minimum Gasteiger partial charge on any atom is -0.106 e. The molecule has 0 aliphatic rings. The van der Waals surface area contributed by atoms with E-state index in [0.29, 0.717) is 5.92 Å². The van der Waals surface area contributed by atoms with Gasteiger partial charge in [-0.3, -0.25) is 0 Å². The van der Waals surface area contributed by atoms with Gasteiger partial charge in [-0.15, -0.1) is 8.58 Å².